The first kappa shape index (κ1) is 22.4. The Morgan fingerprint density at radius 3 is 2.63 bits per heavy atom. The summed E-state index contributed by atoms with van der Waals surface area (Å²) < 4.78 is 0. The quantitative estimate of drug-likeness (QED) is 0.258. The molecule has 7 heteroatoms. The van der Waals surface area contributed by atoms with E-state index < -0.39 is 0 Å². The van der Waals surface area contributed by atoms with Gasteiger partial charge in [0.25, 0.3) is 5.91 Å². The summed E-state index contributed by atoms with van der Waals surface area (Å²) in [6.45, 7) is 0.438. The molecule has 6 nitrogen and oxygen atoms in total. The Bertz CT molecular complexity index is 1490. The van der Waals surface area contributed by atoms with Crippen molar-refractivity contribution in [2.45, 2.75) is 16.3 Å². The molecule has 0 spiro atoms. The normalized spacial score (nSPS) is 11.2. The lowest BCUT2D eigenvalue weighted by atomic mass is 10.2. The molecule has 3 aromatic carbocycles. The van der Waals surface area contributed by atoms with E-state index in [-0.39, 0.29) is 5.91 Å². The molecule has 35 heavy (non-hydrogen) atoms. The van der Waals surface area contributed by atoms with Crippen LogP contribution >= 0.6 is 11.8 Å². The number of carbonyl (C=O) groups is 1. The van der Waals surface area contributed by atoms with Gasteiger partial charge < -0.3 is 11.1 Å². The van der Waals surface area contributed by atoms with Gasteiger partial charge in [-0.3, -0.25) is 14.9 Å². The second kappa shape index (κ2) is 10.3. The predicted molar refractivity (Wildman–Crippen MR) is 142 cm³/mol. The Hall–Kier alpha value is -4.36. The van der Waals surface area contributed by atoms with Crippen LogP contribution in [-0.4, -0.2) is 21.1 Å². The third kappa shape index (κ3) is 5.42. The molecule has 4 N–H and O–H groups in total. The summed E-state index contributed by atoms with van der Waals surface area (Å²) >= 11 is 1.55. The maximum absolute atomic E-state index is 12.9. The van der Waals surface area contributed by atoms with Gasteiger partial charge in [0, 0.05) is 33.6 Å². The van der Waals surface area contributed by atoms with Gasteiger partial charge in [0.2, 0.25) is 0 Å². The number of nitrogen functional groups attached to an aromatic ring is 1. The molecule has 0 aliphatic carbocycles. The first-order valence-corrected chi connectivity index (χ1v) is 11.9. The molecular weight excluding hydrogens is 454 g/mol. The molecule has 0 aliphatic rings. The Balaban J connectivity index is 1.31. The van der Waals surface area contributed by atoms with Crippen molar-refractivity contribution in [3.05, 3.63) is 114 Å². The van der Waals surface area contributed by atoms with Crippen molar-refractivity contribution in [1.29, 1.82) is 0 Å². The van der Waals surface area contributed by atoms with E-state index in [0.717, 1.165) is 37.6 Å². The molecule has 0 atom stereocenters. The third-order valence-electron chi connectivity index (χ3n) is 5.46. The van der Waals surface area contributed by atoms with Crippen molar-refractivity contribution in [1.82, 2.24) is 20.5 Å². The number of nitrogens with two attached hydrogens (primary N) is 1. The number of nitrogens with zero attached hydrogens (tertiary/aromatic N) is 2. The summed E-state index contributed by atoms with van der Waals surface area (Å²) in [6.07, 6.45) is 5.66. The van der Waals surface area contributed by atoms with Crippen LogP contribution < -0.4 is 11.1 Å². The second-order valence-corrected chi connectivity index (χ2v) is 9.04. The molecule has 2 heterocycles. The van der Waals surface area contributed by atoms with Gasteiger partial charge in [0.1, 0.15) is 0 Å². The lowest BCUT2D eigenvalue weighted by molar-refractivity contribution is 0.0948. The van der Waals surface area contributed by atoms with Crippen molar-refractivity contribution in [3.8, 4) is 0 Å². The maximum atomic E-state index is 12.9. The van der Waals surface area contributed by atoms with Crippen molar-refractivity contribution in [3.63, 3.8) is 0 Å². The summed E-state index contributed by atoms with van der Waals surface area (Å²) in [6, 6.07) is 27.0. The zero-order valence-electron chi connectivity index (χ0n) is 18.8. The lowest BCUT2D eigenvalue weighted by Crippen LogP contribution is -2.23. The van der Waals surface area contributed by atoms with Crippen molar-refractivity contribution >= 4 is 46.4 Å². The number of hydrogen-bond acceptors (Lipinski definition) is 5. The Morgan fingerprint density at radius 2 is 1.80 bits per heavy atom. The monoisotopic (exact) mass is 477 g/mol. The maximum Gasteiger partial charge on any atom is 0.252 e. The van der Waals surface area contributed by atoms with Crippen LogP contribution in [0.3, 0.4) is 0 Å². The fourth-order valence-electron chi connectivity index (χ4n) is 3.63. The van der Waals surface area contributed by atoms with Gasteiger partial charge in [0.15, 0.2) is 0 Å². The standard InChI is InChI=1S/C28H23N5OS/c29-20-10-8-19(9-11-20)18-31-28(34)24-6-1-2-7-27(24)35-22-13-14-23-25(32-33-26(23)17-22)15-12-21-5-3-4-16-30-21/h1-17H,18,29H2,(H,31,34)(H,32,33)/b15-12+. The number of rotatable bonds is 7. The van der Waals surface area contributed by atoms with Crippen LogP contribution in [0.2, 0.25) is 0 Å². The molecule has 172 valence electrons. The molecule has 0 unspecified atom stereocenters. The van der Waals surface area contributed by atoms with Gasteiger partial charge in [-0.15, -0.1) is 0 Å². The molecule has 2 aromatic heterocycles. The number of benzene rings is 3. The molecule has 0 saturated heterocycles. The van der Waals surface area contributed by atoms with Gasteiger partial charge in [0.05, 0.1) is 22.5 Å². The number of hydrogen-bond donors (Lipinski definition) is 3. The second-order valence-electron chi connectivity index (χ2n) is 7.93. The summed E-state index contributed by atoms with van der Waals surface area (Å²) in [5.74, 6) is -0.116. The number of pyridine rings is 1. The first-order valence-electron chi connectivity index (χ1n) is 11.1. The smallest absolute Gasteiger partial charge is 0.252 e. The third-order valence-corrected chi connectivity index (χ3v) is 6.52. The SMILES string of the molecule is Nc1ccc(CNC(=O)c2ccccc2Sc2ccc3c(/C=C/c4ccccn4)n[nH]c3c2)cc1. The van der Waals surface area contributed by atoms with Crippen LogP contribution in [0.5, 0.6) is 0 Å². The van der Waals surface area contributed by atoms with Crippen molar-refractivity contribution in [2.75, 3.05) is 5.73 Å². The molecule has 5 aromatic rings. The number of H-pyrrole nitrogens is 1. The number of aromatic nitrogens is 3. The number of anilines is 1. The van der Waals surface area contributed by atoms with E-state index in [1.165, 1.54) is 0 Å². The molecule has 0 radical (unpaired) electrons. The van der Waals surface area contributed by atoms with Gasteiger partial charge in [-0.05, 0) is 72.3 Å². The molecule has 0 aliphatic heterocycles. The first-order chi connectivity index (χ1) is 17.2. The summed E-state index contributed by atoms with van der Waals surface area (Å²) in [5.41, 5.74) is 10.7. The minimum atomic E-state index is -0.116. The Labute approximate surface area is 207 Å². The largest absolute Gasteiger partial charge is 0.399 e. The fraction of sp³-hybridized carbons (Fsp3) is 0.0357. The van der Waals surface area contributed by atoms with Gasteiger partial charge in [-0.1, -0.05) is 42.1 Å². The molecule has 0 fully saturated rings. The number of nitrogens with one attached hydrogen (secondary N) is 2. The average Bonchev–Trinajstić information content (AvgIpc) is 3.30. The topological polar surface area (TPSA) is 96.7 Å². The zero-order chi connectivity index (χ0) is 24.0. The molecular formula is C28H23N5OS. The average molecular weight is 478 g/mol. The summed E-state index contributed by atoms with van der Waals surface area (Å²) in [7, 11) is 0. The van der Waals surface area contributed by atoms with Gasteiger partial charge in [-0.25, -0.2) is 0 Å². The van der Waals surface area contributed by atoms with Gasteiger partial charge >= 0.3 is 0 Å². The number of amides is 1. The van der Waals surface area contributed by atoms with Crippen LogP contribution in [0, 0.1) is 0 Å². The van der Waals surface area contributed by atoms with Gasteiger partial charge in [-0.2, -0.15) is 5.10 Å². The minimum Gasteiger partial charge on any atom is -0.399 e. The highest BCUT2D eigenvalue weighted by molar-refractivity contribution is 7.99. The van der Waals surface area contributed by atoms with E-state index >= 15 is 0 Å². The van der Waals surface area contributed by atoms with E-state index in [9.17, 15) is 4.79 Å². The van der Waals surface area contributed by atoms with Crippen LogP contribution in [0.4, 0.5) is 5.69 Å². The van der Waals surface area contributed by atoms with E-state index in [0.29, 0.717) is 17.8 Å². The Kier molecular flexibility index (Phi) is 6.59. The Morgan fingerprint density at radius 1 is 0.971 bits per heavy atom. The number of fused-ring (bicyclic) bond motifs is 1. The van der Waals surface area contributed by atoms with E-state index in [1.54, 1.807) is 18.0 Å². The number of carbonyl (C=O) groups excluding carboxylic acids is 1. The number of aromatic amines is 1. The predicted octanol–water partition coefficient (Wildman–Crippen LogP) is 5.79. The van der Waals surface area contributed by atoms with E-state index in [4.69, 9.17) is 5.73 Å². The molecule has 0 saturated carbocycles. The molecule has 1 amide bonds. The highest BCUT2D eigenvalue weighted by Gasteiger charge is 2.13. The van der Waals surface area contributed by atoms with Crippen LogP contribution in [0.15, 0.2) is 101 Å². The molecule has 0 bridgehead atoms. The highest BCUT2D eigenvalue weighted by atomic mass is 32.2. The van der Waals surface area contributed by atoms with Crippen molar-refractivity contribution in [2.24, 2.45) is 0 Å². The summed E-state index contributed by atoms with van der Waals surface area (Å²) in [4.78, 5) is 19.1. The van der Waals surface area contributed by atoms with Crippen LogP contribution in [0.25, 0.3) is 23.1 Å². The fourth-order valence-corrected chi connectivity index (χ4v) is 4.62. The lowest BCUT2D eigenvalue weighted by Gasteiger charge is -2.10. The van der Waals surface area contributed by atoms with E-state index in [1.807, 2.05) is 97.1 Å². The highest BCUT2D eigenvalue weighted by Crippen LogP contribution is 2.33. The minimum absolute atomic E-state index is 0.116. The van der Waals surface area contributed by atoms with Crippen molar-refractivity contribution < 1.29 is 4.79 Å². The van der Waals surface area contributed by atoms with Crippen LogP contribution in [0.1, 0.15) is 27.3 Å². The van der Waals surface area contributed by atoms with Crippen LogP contribution in [-0.2, 0) is 6.54 Å². The molecule has 5 rings (SSSR count). The van der Waals surface area contributed by atoms with E-state index in [2.05, 4.69) is 20.5 Å². The zero-order valence-corrected chi connectivity index (χ0v) is 19.6. The summed E-state index contributed by atoms with van der Waals surface area (Å²) in [5, 5.41) is 11.6.